The summed E-state index contributed by atoms with van der Waals surface area (Å²) in [5.74, 6) is -0.519. The Labute approximate surface area is 180 Å². The summed E-state index contributed by atoms with van der Waals surface area (Å²) in [4.78, 5) is 2.22. The van der Waals surface area contributed by atoms with Crippen molar-refractivity contribution < 1.29 is 16.8 Å². The Morgan fingerprint density at radius 1 is 0.967 bits per heavy atom. The number of hydrogen-bond donors (Lipinski definition) is 1. The molecule has 3 rings (SSSR count). The molecule has 1 aliphatic rings. The van der Waals surface area contributed by atoms with Crippen LogP contribution in [0, 0.1) is 13.8 Å². The van der Waals surface area contributed by atoms with E-state index in [1.54, 1.807) is 24.3 Å². The van der Waals surface area contributed by atoms with Gasteiger partial charge in [0, 0.05) is 18.6 Å². The summed E-state index contributed by atoms with van der Waals surface area (Å²) in [6.07, 6.45) is 0. The maximum Gasteiger partial charge on any atom is 0.183 e. The van der Waals surface area contributed by atoms with E-state index < -0.39 is 31.0 Å². The molecule has 1 heterocycles. The summed E-state index contributed by atoms with van der Waals surface area (Å²) in [6.45, 7) is 4.36. The van der Waals surface area contributed by atoms with Crippen LogP contribution in [0.1, 0.15) is 22.7 Å². The van der Waals surface area contributed by atoms with E-state index in [0.717, 1.165) is 16.7 Å². The number of benzene rings is 2. The lowest BCUT2D eigenvalue weighted by atomic mass is 10.0. The fourth-order valence-electron chi connectivity index (χ4n) is 3.86. The fraction of sp³-hybridized carbons (Fsp3) is 0.455. The SMILES string of the molecule is Cc1ccc(C(CN[C@H]2CS(=O)(=O)C[C@@H]2S(=O)(=O)c2ccc(C)cc2)N(C)C)cc1. The molecule has 6 nitrogen and oxygen atoms in total. The summed E-state index contributed by atoms with van der Waals surface area (Å²) in [7, 11) is -3.29. The van der Waals surface area contributed by atoms with Crippen molar-refractivity contribution in [1.82, 2.24) is 10.2 Å². The van der Waals surface area contributed by atoms with Crippen LogP contribution in [0.15, 0.2) is 53.4 Å². The molecule has 2 aromatic rings. The van der Waals surface area contributed by atoms with Gasteiger partial charge in [-0.25, -0.2) is 16.8 Å². The third-order valence-corrected chi connectivity index (χ3v) is 9.87. The molecule has 1 fully saturated rings. The van der Waals surface area contributed by atoms with Crippen LogP contribution in [-0.4, -0.2) is 65.2 Å². The topological polar surface area (TPSA) is 83.5 Å². The number of hydrogen-bond acceptors (Lipinski definition) is 6. The van der Waals surface area contributed by atoms with Crippen LogP contribution >= 0.6 is 0 Å². The second-order valence-electron chi connectivity index (χ2n) is 8.38. The Morgan fingerprint density at radius 2 is 1.50 bits per heavy atom. The van der Waals surface area contributed by atoms with E-state index in [2.05, 4.69) is 5.32 Å². The molecule has 1 saturated heterocycles. The molecule has 0 spiro atoms. The van der Waals surface area contributed by atoms with Gasteiger partial charge < -0.3 is 10.2 Å². The summed E-state index contributed by atoms with van der Waals surface area (Å²) < 4.78 is 51.1. The van der Waals surface area contributed by atoms with Crippen molar-refractivity contribution in [3.05, 3.63) is 65.2 Å². The molecule has 0 bridgehead atoms. The third kappa shape index (κ3) is 5.11. The van der Waals surface area contributed by atoms with E-state index >= 15 is 0 Å². The highest BCUT2D eigenvalue weighted by atomic mass is 32.2. The first-order valence-electron chi connectivity index (χ1n) is 9.97. The minimum Gasteiger partial charge on any atom is -0.310 e. The van der Waals surface area contributed by atoms with Crippen molar-refractivity contribution in [2.24, 2.45) is 0 Å². The van der Waals surface area contributed by atoms with Crippen molar-refractivity contribution in [2.45, 2.75) is 36.1 Å². The standard InChI is InChI=1S/C22H30N2O4S2/c1-16-5-9-18(10-6-16)21(24(3)4)13-23-20-14-29(25,26)15-22(20)30(27,28)19-11-7-17(2)8-12-19/h5-12,20-23H,13-15H2,1-4H3/t20-,21?,22-/m0/s1. The average molecular weight is 451 g/mol. The molecule has 2 aromatic carbocycles. The van der Waals surface area contributed by atoms with E-state index in [-0.39, 0.29) is 22.4 Å². The van der Waals surface area contributed by atoms with Gasteiger partial charge >= 0.3 is 0 Å². The van der Waals surface area contributed by atoms with Gasteiger partial charge in [0.2, 0.25) is 0 Å². The third-order valence-electron chi connectivity index (χ3n) is 5.71. The summed E-state index contributed by atoms with van der Waals surface area (Å²) in [5.41, 5.74) is 3.21. The van der Waals surface area contributed by atoms with Crippen LogP contribution in [0.25, 0.3) is 0 Å². The maximum absolute atomic E-state index is 13.2. The van der Waals surface area contributed by atoms with Gasteiger partial charge in [-0.2, -0.15) is 0 Å². The maximum atomic E-state index is 13.2. The molecule has 1 aliphatic heterocycles. The van der Waals surface area contributed by atoms with Crippen LogP contribution < -0.4 is 5.32 Å². The second-order valence-corrected chi connectivity index (χ2v) is 12.7. The molecule has 0 amide bonds. The van der Waals surface area contributed by atoms with Crippen molar-refractivity contribution in [3.8, 4) is 0 Å². The Hall–Kier alpha value is -1.74. The fourth-order valence-corrected chi connectivity index (χ4v) is 8.58. The highest BCUT2D eigenvalue weighted by molar-refractivity contribution is 7.96. The molecule has 1 N–H and O–H groups in total. The molecule has 164 valence electrons. The summed E-state index contributed by atoms with van der Waals surface area (Å²) in [5, 5.41) is 2.27. The monoisotopic (exact) mass is 450 g/mol. The highest BCUT2D eigenvalue weighted by Crippen LogP contribution is 2.27. The lowest BCUT2D eigenvalue weighted by Gasteiger charge is -2.28. The first-order valence-corrected chi connectivity index (χ1v) is 13.3. The zero-order valence-corrected chi connectivity index (χ0v) is 19.5. The molecule has 0 aliphatic carbocycles. The number of nitrogens with zero attached hydrogens (tertiary/aromatic N) is 1. The van der Waals surface area contributed by atoms with Gasteiger partial charge in [0.05, 0.1) is 21.7 Å². The molecule has 0 aromatic heterocycles. The molecule has 3 atom stereocenters. The normalized spacial score (nSPS) is 22.3. The van der Waals surface area contributed by atoms with Crippen LogP contribution in [0.2, 0.25) is 0 Å². The van der Waals surface area contributed by atoms with Gasteiger partial charge in [-0.1, -0.05) is 47.5 Å². The Kier molecular flexibility index (Phi) is 6.72. The Balaban J connectivity index is 1.83. The molecule has 1 unspecified atom stereocenters. The van der Waals surface area contributed by atoms with Crippen LogP contribution in [0.4, 0.5) is 0 Å². The number of likely N-dealkylation sites (N-methyl/N-ethyl adjacent to an activating group) is 1. The predicted molar refractivity (Wildman–Crippen MR) is 120 cm³/mol. The molecular formula is C22H30N2O4S2. The average Bonchev–Trinajstić information content (AvgIpc) is 2.99. The highest BCUT2D eigenvalue weighted by Gasteiger charge is 2.45. The number of sulfone groups is 2. The first-order chi connectivity index (χ1) is 14.0. The van der Waals surface area contributed by atoms with Crippen molar-refractivity contribution >= 4 is 19.7 Å². The Bertz CT molecular complexity index is 1080. The molecular weight excluding hydrogens is 420 g/mol. The summed E-state index contributed by atoms with van der Waals surface area (Å²) >= 11 is 0. The number of aryl methyl sites for hydroxylation is 2. The molecule has 0 radical (unpaired) electrons. The van der Waals surface area contributed by atoms with Crippen LogP contribution in [0.3, 0.4) is 0 Å². The largest absolute Gasteiger partial charge is 0.310 e. The van der Waals surface area contributed by atoms with Gasteiger partial charge in [-0.3, -0.25) is 0 Å². The van der Waals surface area contributed by atoms with Gasteiger partial charge in [-0.15, -0.1) is 0 Å². The van der Waals surface area contributed by atoms with Gasteiger partial charge in [-0.05, 0) is 45.6 Å². The Morgan fingerprint density at radius 3 is 2.03 bits per heavy atom. The van der Waals surface area contributed by atoms with E-state index in [4.69, 9.17) is 0 Å². The second kappa shape index (κ2) is 8.78. The lowest BCUT2D eigenvalue weighted by Crippen LogP contribution is -2.46. The predicted octanol–water partition coefficient (Wildman–Crippen LogP) is 2.14. The first kappa shape index (κ1) is 22.9. The van der Waals surface area contributed by atoms with Crippen molar-refractivity contribution in [1.29, 1.82) is 0 Å². The molecule has 0 saturated carbocycles. The van der Waals surface area contributed by atoms with E-state index in [9.17, 15) is 16.8 Å². The van der Waals surface area contributed by atoms with Crippen LogP contribution in [-0.2, 0) is 19.7 Å². The van der Waals surface area contributed by atoms with E-state index in [1.165, 1.54) is 0 Å². The number of rotatable bonds is 7. The van der Waals surface area contributed by atoms with Crippen LogP contribution in [0.5, 0.6) is 0 Å². The van der Waals surface area contributed by atoms with E-state index in [1.807, 2.05) is 57.1 Å². The van der Waals surface area contributed by atoms with Crippen molar-refractivity contribution in [2.75, 3.05) is 32.1 Å². The van der Waals surface area contributed by atoms with E-state index in [0.29, 0.717) is 6.54 Å². The lowest BCUT2D eigenvalue weighted by molar-refractivity contribution is 0.282. The number of nitrogens with one attached hydrogen (secondary N) is 1. The summed E-state index contributed by atoms with van der Waals surface area (Å²) in [6, 6.07) is 14.1. The minimum atomic E-state index is -3.77. The minimum absolute atomic E-state index is 0.00312. The molecule has 30 heavy (non-hydrogen) atoms. The zero-order chi connectivity index (χ0) is 22.1. The van der Waals surface area contributed by atoms with Gasteiger partial charge in [0.1, 0.15) is 0 Å². The smallest absolute Gasteiger partial charge is 0.183 e. The van der Waals surface area contributed by atoms with Crippen molar-refractivity contribution in [3.63, 3.8) is 0 Å². The molecule has 8 heteroatoms. The van der Waals surface area contributed by atoms with Gasteiger partial charge in [0.25, 0.3) is 0 Å². The zero-order valence-electron chi connectivity index (χ0n) is 17.9. The quantitative estimate of drug-likeness (QED) is 0.696. The van der Waals surface area contributed by atoms with Gasteiger partial charge in [0.15, 0.2) is 19.7 Å².